The fraction of sp³-hybridized carbons (Fsp3) is 0.136. The average molecular weight is 345 g/mol. The number of halogens is 1. The highest BCUT2D eigenvalue weighted by Gasteiger charge is 2.59. The van der Waals surface area contributed by atoms with Gasteiger partial charge in [-0.3, -0.25) is 9.89 Å². The van der Waals surface area contributed by atoms with Crippen molar-refractivity contribution < 1.29 is 0 Å². The van der Waals surface area contributed by atoms with Crippen LogP contribution in [-0.4, -0.2) is 16.7 Å². The Kier molecular flexibility index (Phi) is 3.47. The molecule has 0 radical (unpaired) electrons. The van der Waals surface area contributed by atoms with Gasteiger partial charge in [-0.25, -0.2) is 0 Å². The number of hydrogen-bond donors (Lipinski definition) is 0. The topological polar surface area (TPSA) is 15.4 Å². The van der Waals surface area contributed by atoms with E-state index in [0.29, 0.717) is 12.1 Å². The van der Waals surface area contributed by atoms with E-state index in [4.69, 9.17) is 16.6 Å². The Bertz CT molecular complexity index is 937. The predicted octanol–water partition coefficient (Wildman–Crippen LogP) is 5.27. The summed E-state index contributed by atoms with van der Waals surface area (Å²) >= 11 is 6.48. The van der Waals surface area contributed by atoms with Crippen molar-refractivity contribution in [3.8, 4) is 0 Å². The molecule has 0 saturated carbocycles. The highest BCUT2D eigenvalue weighted by atomic mass is 35.5. The maximum absolute atomic E-state index is 6.48. The van der Waals surface area contributed by atoms with Gasteiger partial charge in [-0.1, -0.05) is 90.5 Å². The molecule has 0 N–H and O–H groups in total. The summed E-state index contributed by atoms with van der Waals surface area (Å²) in [6, 6.07) is 29.9. The summed E-state index contributed by atoms with van der Waals surface area (Å²) in [5.41, 5.74) is 4.79. The quantitative estimate of drug-likeness (QED) is 0.591. The fourth-order valence-electron chi connectivity index (χ4n) is 3.89. The molecule has 4 atom stereocenters. The molecule has 2 aliphatic heterocycles. The molecule has 3 heteroatoms. The fourth-order valence-corrected chi connectivity index (χ4v) is 4.12. The Hall–Kier alpha value is -2.42. The molecule has 0 bridgehead atoms. The second kappa shape index (κ2) is 5.83. The smallest absolute Gasteiger partial charge is 0.131 e. The second-order valence-corrected chi connectivity index (χ2v) is 6.93. The van der Waals surface area contributed by atoms with Crippen molar-refractivity contribution in [3.63, 3.8) is 0 Å². The molecule has 2 nitrogen and oxygen atoms in total. The van der Waals surface area contributed by atoms with Gasteiger partial charge in [-0.05, 0) is 17.2 Å². The maximum atomic E-state index is 6.48. The third-order valence-electron chi connectivity index (χ3n) is 5.07. The zero-order chi connectivity index (χ0) is 16.8. The number of hydrogen-bond acceptors (Lipinski definition) is 2. The SMILES string of the molecule is Clc1ccccc1C1N=C(c2ccccc2)C2C(c3ccccc3)N12. The van der Waals surface area contributed by atoms with Gasteiger partial charge in [0.15, 0.2) is 0 Å². The molecule has 0 spiro atoms. The van der Waals surface area contributed by atoms with Gasteiger partial charge in [-0.15, -0.1) is 0 Å². The van der Waals surface area contributed by atoms with Crippen LogP contribution in [-0.2, 0) is 0 Å². The zero-order valence-corrected chi connectivity index (χ0v) is 14.3. The number of rotatable bonds is 3. The molecular weight excluding hydrogens is 328 g/mol. The van der Waals surface area contributed by atoms with Crippen molar-refractivity contribution in [3.05, 3.63) is 107 Å². The van der Waals surface area contributed by atoms with Crippen LogP contribution in [0.1, 0.15) is 28.9 Å². The van der Waals surface area contributed by atoms with Crippen molar-refractivity contribution in [1.82, 2.24) is 4.90 Å². The summed E-state index contributed by atoms with van der Waals surface area (Å²) < 4.78 is 0. The molecule has 1 fully saturated rings. The predicted molar refractivity (Wildman–Crippen MR) is 102 cm³/mol. The molecule has 0 amide bonds. The first-order chi connectivity index (χ1) is 12.3. The van der Waals surface area contributed by atoms with E-state index >= 15 is 0 Å². The van der Waals surface area contributed by atoms with Crippen molar-refractivity contribution in [2.45, 2.75) is 18.2 Å². The van der Waals surface area contributed by atoms with Crippen LogP contribution in [0.4, 0.5) is 0 Å². The number of benzene rings is 3. The van der Waals surface area contributed by atoms with E-state index in [0.717, 1.165) is 10.6 Å². The standard InChI is InChI=1S/C22H17ClN2/c23-18-14-8-7-13-17(18)22-24-19(15-9-3-1-4-10-15)21-20(25(21)22)16-11-5-2-6-12-16/h1-14,20-22H. The molecule has 2 aliphatic rings. The minimum absolute atomic E-state index is 0.0147. The van der Waals surface area contributed by atoms with Crippen LogP contribution in [0.15, 0.2) is 89.9 Å². The number of fused-ring (bicyclic) bond motifs is 1. The second-order valence-electron chi connectivity index (χ2n) is 6.52. The largest absolute Gasteiger partial charge is 0.263 e. The summed E-state index contributed by atoms with van der Waals surface area (Å²) in [6.07, 6.45) is -0.0147. The van der Waals surface area contributed by atoms with Crippen LogP contribution in [0, 0.1) is 0 Å². The molecule has 0 aromatic heterocycles. The lowest BCUT2D eigenvalue weighted by Gasteiger charge is -2.15. The molecule has 1 saturated heterocycles. The van der Waals surface area contributed by atoms with Crippen LogP contribution in [0.5, 0.6) is 0 Å². The third-order valence-corrected chi connectivity index (χ3v) is 5.41. The van der Waals surface area contributed by atoms with E-state index in [2.05, 4.69) is 65.6 Å². The maximum Gasteiger partial charge on any atom is 0.131 e. The molecule has 4 unspecified atom stereocenters. The highest BCUT2D eigenvalue weighted by molar-refractivity contribution is 6.31. The molecule has 0 aliphatic carbocycles. The first-order valence-corrected chi connectivity index (χ1v) is 8.92. The van der Waals surface area contributed by atoms with Crippen LogP contribution >= 0.6 is 11.6 Å². The zero-order valence-electron chi connectivity index (χ0n) is 13.6. The van der Waals surface area contributed by atoms with E-state index in [1.54, 1.807) is 0 Å². The van der Waals surface area contributed by atoms with Gasteiger partial charge in [0.25, 0.3) is 0 Å². The summed E-state index contributed by atoms with van der Waals surface area (Å²) in [7, 11) is 0. The molecule has 3 aromatic carbocycles. The first-order valence-electron chi connectivity index (χ1n) is 8.54. The van der Waals surface area contributed by atoms with Crippen LogP contribution in [0.25, 0.3) is 0 Å². The molecule has 5 rings (SSSR count). The van der Waals surface area contributed by atoms with E-state index < -0.39 is 0 Å². The summed E-state index contributed by atoms with van der Waals surface area (Å²) in [5.74, 6) is 0. The van der Waals surface area contributed by atoms with Crippen LogP contribution < -0.4 is 0 Å². The van der Waals surface area contributed by atoms with Crippen molar-refractivity contribution >= 4 is 17.3 Å². The Morgan fingerprint density at radius 3 is 2.08 bits per heavy atom. The van der Waals surface area contributed by atoms with Crippen molar-refractivity contribution in [2.24, 2.45) is 4.99 Å². The Balaban J connectivity index is 1.60. The lowest BCUT2D eigenvalue weighted by molar-refractivity contribution is 0.404. The Morgan fingerprint density at radius 1 is 0.720 bits per heavy atom. The first kappa shape index (κ1) is 14.9. The summed E-state index contributed by atoms with van der Waals surface area (Å²) in [6.45, 7) is 0. The normalized spacial score (nSPS) is 26.8. The van der Waals surface area contributed by atoms with Crippen molar-refractivity contribution in [2.75, 3.05) is 0 Å². The van der Waals surface area contributed by atoms with Gasteiger partial charge >= 0.3 is 0 Å². The van der Waals surface area contributed by atoms with E-state index in [9.17, 15) is 0 Å². The van der Waals surface area contributed by atoms with Crippen molar-refractivity contribution in [1.29, 1.82) is 0 Å². The van der Waals surface area contributed by atoms with Gasteiger partial charge in [0.05, 0.1) is 17.8 Å². The molecule has 25 heavy (non-hydrogen) atoms. The van der Waals surface area contributed by atoms with E-state index in [-0.39, 0.29) is 6.17 Å². The molecule has 122 valence electrons. The molecule has 2 heterocycles. The van der Waals surface area contributed by atoms with Gasteiger partial charge < -0.3 is 0 Å². The monoisotopic (exact) mass is 344 g/mol. The highest BCUT2D eigenvalue weighted by Crippen LogP contribution is 2.56. The minimum atomic E-state index is -0.0147. The average Bonchev–Trinajstić information content (AvgIpc) is 3.29. The lowest BCUT2D eigenvalue weighted by Crippen LogP contribution is -2.08. The number of aliphatic imine (C=N–C) groups is 1. The van der Waals surface area contributed by atoms with Gasteiger partial charge in [0, 0.05) is 10.6 Å². The molecular formula is C22H17ClN2. The van der Waals surface area contributed by atoms with Gasteiger partial charge in [0.2, 0.25) is 0 Å². The van der Waals surface area contributed by atoms with Gasteiger partial charge in [-0.2, -0.15) is 0 Å². The van der Waals surface area contributed by atoms with Gasteiger partial charge in [0.1, 0.15) is 6.17 Å². The number of nitrogens with zero attached hydrogens (tertiary/aromatic N) is 2. The minimum Gasteiger partial charge on any atom is -0.263 e. The summed E-state index contributed by atoms with van der Waals surface area (Å²) in [5, 5.41) is 0.781. The Morgan fingerprint density at radius 2 is 1.36 bits per heavy atom. The summed E-state index contributed by atoms with van der Waals surface area (Å²) in [4.78, 5) is 7.51. The van der Waals surface area contributed by atoms with E-state index in [1.807, 2.05) is 24.3 Å². The Labute approximate surface area is 152 Å². The third kappa shape index (κ3) is 2.41. The van der Waals surface area contributed by atoms with E-state index in [1.165, 1.54) is 16.8 Å². The van der Waals surface area contributed by atoms with Crippen LogP contribution in [0.3, 0.4) is 0 Å². The molecule has 3 aromatic rings. The van der Waals surface area contributed by atoms with Crippen LogP contribution in [0.2, 0.25) is 5.02 Å². The lowest BCUT2D eigenvalue weighted by atomic mass is 10.0.